The number of carbonyl (C=O) groups is 2. The minimum absolute atomic E-state index is 0.0203. The van der Waals surface area contributed by atoms with Gasteiger partial charge in [-0.25, -0.2) is 0 Å². The molecule has 2 heterocycles. The second kappa shape index (κ2) is 7.87. The van der Waals surface area contributed by atoms with Crippen LogP contribution < -0.4 is 9.80 Å². The molecule has 6 nitrogen and oxygen atoms in total. The molecule has 0 radical (unpaired) electrons. The van der Waals surface area contributed by atoms with Gasteiger partial charge in [0.05, 0.1) is 0 Å². The number of piperazine rings is 1. The van der Waals surface area contributed by atoms with Crippen molar-refractivity contribution >= 4 is 23.2 Å². The fraction of sp³-hybridized carbons (Fsp3) is 0.579. The van der Waals surface area contributed by atoms with E-state index in [2.05, 4.69) is 29.0 Å². The fourth-order valence-corrected chi connectivity index (χ4v) is 3.49. The minimum Gasteiger partial charge on any atom is -0.372 e. The maximum atomic E-state index is 12.6. The Bertz CT molecular complexity index is 602. The van der Waals surface area contributed by atoms with Crippen molar-refractivity contribution in [3.63, 3.8) is 0 Å². The SMILES string of the molecule is CC(=O)N(CC(=O)N1CCN(C)CC1)c1ccc(N2CCCC2)cc1. The number of hydrogen-bond acceptors (Lipinski definition) is 4. The Morgan fingerprint density at radius 2 is 1.56 bits per heavy atom. The van der Waals surface area contributed by atoms with Gasteiger partial charge in [0, 0.05) is 57.6 Å². The molecule has 3 rings (SSSR count). The van der Waals surface area contributed by atoms with Gasteiger partial charge in [0.15, 0.2) is 0 Å². The third-order valence-electron chi connectivity index (χ3n) is 5.16. The molecule has 1 aromatic rings. The van der Waals surface area contributed by atoms with Crippen LogP contribution in [0.5, 0.6) is 0 Å². The van der Waals surface area contributed by atoms with E-state index in [1.807, 2.05) is 17.0 Å². The van der Waals surface area contributed by atoms with E-state index in [0.717, 1.165) is 45.0 Å². The molecule has 2 fully saturated rings. The van der Waals surface area contributed by atoms with Crippen molar-refractivity contribution in [2.24, 2.45) is 0 Å². The lowest BCUT2D eigenvalue weighted by Gasteiger charge is -2.34. The van der Waals surface area contributed by atoms with Gasteiger partial charge in [0.1, 0.15) is 6.54 Å². The van der Waals surface area contributed by atoms with Gasteiger partial charge < -0.3 is 19.6 Å². The first kappa shape index (κ1) is 17.7. The molecule has 0 bridgehead atoms. The van der Waals surface area contributed by atoms with Crippen molar-refractivity contribution < 1.29 is 9.59 Å². The summed E-state index contributed by atoms with van der Waals surface area (Å²) < 4.78 is 0. The van der Waals surface area contributed by atoms with Crippen LogP contribution in [-0.2, 0) is 9.59 Å². The molecular weight excluding hydrogens is 316 g/mol. The van der Waals surface area contributed by atoms with Crippen LogP contribution >= 0.6 is 0 Å². The lowest BCUT2D eigenvalue weighted by molar-refractivity contribution is -0.132. The van der Waals surface area contributed by atoms with Gasteiger partial charge in [-0.3, -0.25) is 9.59 Å². The van der Waals surface area contributed by atoms with Gasteiger partial charge in [0.25, 0.3) is 0 Å². The van der Waals surface area contributed by atoms with Crippen molar-refractivity contribution in [3.8, 4) is 0 Å². The molecule has 25 heavy (non-hydrogen) atoms. The Hall–Kier alpha value is -2.08. The Kier molecular flexibility index (Phi) is 5.58. The van der Waals surface area contributed by atoms with Crippen molar-refractivity contribution in [2.45, 2.75) is 19.8 Å². The molecule has 6 heteroatoms. The summed E-state index contributed by atoms with van der Waals surface area (Å²) in [6.45, 7) is 7.06. The lowest BCUT2D eigenvalue weighted by atomic mass is 10.2. The monoisotopic (exact) mass is 344 g/mol. The summed E-state index contributed by atoms with van der Waals surface area (Å²) in [7, 11) is 2.06. The number of carbonyl (C=O) groups excluding carboxylic acids is 2. The zero-order chi connectivity index (χ0) is 17.8. The van der Waals surface area contributed by atoms with E-state index in [0.29, 0.717) is 0 Å². The highest BCUT2D eigenvalue weighted by Gasteiger charge is 2.23. The summed E-state index contributed by atoms with van der Waals surface area (Å²) in [6.07, 6.45) is 2.47. The first-order chi connectivity index (χ1) is 12.0. The minimum atomic E-state index is -0.101. The fourth-order valence-electron chi connectivity index (χ4n) is 3.49. The quantitative estimate of drug-likeness (QED) is 0.829. The molecule has 0 unspecified atom stereocenters. The first-order valence-electron chi connectivity index (χ1n) is 9.14. The number of likely N-dealkylation sites (N-methyl/N-ethyl adjacent to an activating group) is 1. The normalized spacial score (nSPS) is 18.5. The molecule has 2 aliphatic rings. The van der Waals surface area contributed by atoms with Crippen LogP contribution in [0.2, 0.25) is 0 Å². The Balaban J connectivity index is 1.66. The average molecular weight is 344 g/mol. The second-order valence-corrected chi connectivity index (χ2v) is 7.00. The number of hydrogen-bond donors (Lipinski definition) is 0. The largest absolute Gasteiger partial charge is 0.372 e. The predicted octanol–water partition coefficient (Wildman–Crippen LogP) is 1.41. The van der Waals surface area contributed by atoms with Crippen molar-refractivity contribution in [3.05, 3.63) is 24.3 Å². The van der Waals surface area contributed by atoms with Gasteiger partial charge in [-0.1, -0.05) is 0 Å². The van der Waals surface area contributed by atoms with E-state index in [9.17, 15) is 9.59 Å². The average Bonchev–Trinajstić information content (AvgIpc) is 3.14. The molecule has 0 aromatic heterocycles. The number of amides is 2. The summed E-state index contributed by atoms with van der Waals surface area (Å²) >= 11 is 0. The summed E-state index contributed by atoms with van der Waals surface area (Å²) in [5.74, 6) is -0.0803. The van der Waals surface area contributed by atoms with Crippen LogP contribution in [0, 0.1) is 0 Å². The Morgan fingerprint density at radius 3 is 2.12 bits per heavy atom. The maximum Gasteiger partial charge on any atom is 0.242 e. The first-order valence-corrected chi connectivity index (χ1v) is 9.14. The van der Waals surface area contributed by atoms with Gasteiger partial charge in [-0.15, -0.1) is 0 Å². The topological polar surface area (TPSA) is 47.1 Å². The van der Waals surface area contributed by atoms with E-state index >= 15 is 0 Å². The van der Waals surface area contributed by atoms with Crippen LogP contribution in [0.25, 0.3) is 0 Å². The molecular formula is C19H28N4O2. The molecule has 2 saturated heterocycles. The maximum absolute atomic E-state index is 12.6. The molecule has 136 valence electrons. The number of anilines is 2. The summed E-state index contributed by atoms with van der Waals surface area (Å²) in [5, 5.41) is 0. The number of rotatable bonds is 4. The predicted molar refractivity (Wildman–Crippen MR) is 100.0 cm³/mol. The van der Waals surface area contributed by atoms with E-state index in [4.69, 9.17) is 0 Å². The van der Waals surface area contributed by atoms with Crippen molar-refractivity contribution in [2.75, 3.05) is 62.7 Å². The smallest absolute Gasteiger partial charge is 0.242 e. The third-order valence-corrected chi connectivity index (χ3v) is 5.16. The van der Waals surface area contributed by atoms with E-state index in [1.54, 1.807) is 4.90 Å². The van der Waals surface area contributed by atoms with E-state index < -0.39 is 0 Å². The number of nitrogens with zero attached hydrogens (tertiary/aromatic N) is 4. The summed E-state index contributed by atoms with van der Waals surface area (Å²) in [4.78, 5) is 32.7. The molecule has 2 aliphatic heterocycles. The zero-order valence-electron chi connectivity index (χ0n) is 15.3. The molecule has 1 aromatic carbocycles. The van der Waals surface area contributed by atoms with Gasteiger partial charge in [-0.2, -0.15) is 0 Å². The van der Waals surface area contributed by atoms with Gasteiger partial charge in [0.2, 0.25) is 11.8 Å². The van der Waals surface area contributed by atoms with Crippen LogP contribution in [0.15, 0.2) is 24.3 Å². The standard InChI is InChI=1S/C19H28N4O2/c1-16(24)23(15-19(25)22-13-11-20(2)12-14-22)18-7-5-17(6-8-18)21-9-3-4-10-21/h5-8H,3-4,9-15H2,1-2H3. The third kappa shape index (κ3) is 4.31. The Morgan fingerprint density at radius 1 is 0.960 bits per heavy atom. The van der Waals surface area contributed by atoms with Crippen LogP contribution in [0.3, 0.4) is 0 Å². The van der Waals surface area contributed by atoms with Gasteiger partial charge in [-0.05, 0) is 44.2 Å². The highest BCUT2D eigenvalue weighted by atomic mass is 16.2. The highest BCUT2D eigenvalue weighted by molar-refractivity contribution is 5.97. The second-order valence-electron chi connectivity index (χ2n) is 7.00. The summed E-state index contributed by atoms with van der Waals surface area (Å²) in [5.41, 5.74) is 1.98. The molecule has 0 saturated carbocycles. The lowest BCUT2D eigenvalue weighted by Crippen LogP contribution is -2.50. The molecule has 2 amide bonds. The number of benzene rings is 1. The molecule has 0 atom stereocenters. The van der Waals surface area contributed by atoms with Crippen molar-refractivity contribution in [1.82, 2.24) is 9.80 Å². The van der Waals surface area contributed by atoms with Crippen LogP contribution in [0.1, 0.15) is 19.8 Å². The molecule has 0 N–H and O–H groups in total. The zero-order valence-corrected chi connectivity index (χ0v) is 15.3. The van der Waals surface area contributed by atoms with E-state index in [1.165, 1.54) is 25.5 Å². The van der Waals surface area contributed by atoms with Crippen LogP contribution in [-0.4, -0.2) is 74.5 Å². The Labute approximate surface area is 150 Å². The highest BCUT2D eigenvalue weighted by Crippen LogP contribution is 2.24. The van der Waals surface area contributed by atoms with Crippen molar-refractivity contribution in [1.29, 1.82) is 0 Å². The summed E-state index contributed by atoms with van der Waals surface area (Å²) in [6, 6.07) is 8.01. The molecule has 0 aliphatic carbocycles. The van der Waals surface area contributed by atoms with Gasteiger partial charge >= 0.3 is 0 Å². The van der Waals surface area contributed by atoms with E-state index in [-0.39, 0.29) is 18.4 Å². The molecule has 0 spiro atoms. The van der Waals surface area contributed by atoms with Crippen LogP contribution in [0.4, 0.5) is 11.4 Å².